The molecule has 0 spiro atoms. The highest BCUT2D eigenvalue weighted by Crippen LogP contribution is 2.34. The molecular formula is C23H25FN6. The fraction of sp³-hybridized carbons (Fsp3) is 0.435. The van der Waals surface area contributed by atoms with Crippen LogP contribution in [0.2, 0.25) is 0 Å². The number of imidazole rings is 2. The van der Waals surface area contributed by atoms with Crippen LogP contribution in [0, 0.1) is 19.7 Å². The van der Waals surface area contributed by atoms with Gasteiger partial charge in [-0.3, -0.25) is 0 Å². The Hall–Kier alpha value is -2.80. The molecule has 0 radical (unpaired) electrons. The molecule has 0 unspecified atom stereocenters. The van der Waals surface area contributed by atoms with Gasteiger partial charge in [-0.25, -0.2) is 18.9 Å². The summed E-state index contributed by atoms with van der Waals surface area (Å²) >= 11 is 0. The maximum Gasteiger partial charge on any atom is 0.173 e. The molecule has 0 N–H and O–H groups in total. The third-order valence-corrected chi connectivity index (χ3v) is 6.38. The van der Waals surface area contributed by atoms with Gasteiger partial charge >= 0.3 is 0 Å². The quantitative estimate of drug-likeness (QED) is 0.514. The Kier molecular flexibility index (Phi) is 3.73. The minimum absolute atomic E-state index is 0.312. The van der Waals surface area contributed by atoms with Crippen LogP contribution in [0.5, 0.6) is 0 Å². The Bertz CT molecular complexity index is 1310. The zero-order valence-corrected chi connectivity index (χ0v) is 17.3. The highest BCUT2D eigenvalue weighted by atomic mass is 19.1. The molecule has 1 aliphatic carbocycles. The fourth-order valence-corrected chi connectivity index (χ4v) is 4.66. The van der Waals surface area contributed by atoms with Gasteiger partial charge in [0.1, 0.15) is 0 Å². The number of hydrogen-bond donors (Lipinski definition) is 0. The van der Waals surface area contributed by atoms with E-state index in [1.807, 2.05) is 38.5 Å². The van der Waals surface area contributed by atoms with E-state index in [9.17, 15) is 4.39 Å². The van der Waals surface area contributed by atoms with Crippen LogP contribution >= 0.6 is 0 Å². The number of aryl methyl sites for hydroxylation is 2. The number of halogens is 1. The molecular weight excluding hydrogens is 379 g/mol. The Morgan fingerprint density at radius 3 is 2.57 bits per heavy atom. The summed E-state index contributed by atoms with van der Waals surface area (Å²) in [4.78, 5) is 11.4. The molecule has 0 aromatic carbocycles. The molecule has 0 bridgehead atoms. The molecule has 4 aromatic rings. The van der Waals surface area contributed by atoms with Crippen molar-refractivity contribution in [1.82, 2.24) is 28.9 Å². The second-order valence-electron chi connectivity index (χ2n) is 8.66. The van der Waals surface area contributed by atoms with Crippen molar-refractivity contribution in [3.05, 3.63) is 53.5 Å². The number of nitrogens with zero attached hydrogens (tertiary/aromatic N) is 6. The maximum absolute atomic E-state index is 15.0. The fourth-order valence-electron chi connectivity index (χ4n) is 4.66. The first-order valence-corrected chi connectivity index (χ1v) is 10.7. The molecule has 5 heterocycles. The van der Waals surface area contributed by atoms with Gasteiger partial charge in [0.15, 0.2) is 17.1 Å². The molecule has 1 saturated carbocycles. The summed E-state index contributed by atoms with van der Waals surface area (Å²) in [6, 6.07) is 3.15. The van der Waals surface area contributed by atoms with E-state index >= 15 is 0 Å². The van der Waals surface area contributed by atoms with Gasteiger partial charge in [0, 0.05) is 31.3 Å². The number of piperidine rings is 1. The van der Waals surface area contributed by atoms with Gasteiger partial charge < -0.3 is 9.30 Å². The van der Waals surface area contributed by atoms with Crippen molar-refractivity contribution < 1.29 is 5.76 Å². The number of aromatic nitrogens is 5. The number of likely N-dealkylation sites (tertiary alicyclic amines) is 1. The zero-order valence-electron chi connectivity index (χ0n) is 18.3. The van der Waals surface area contributed by atoms with Gasteiger partial charge in [0.05, 0.1) is 23.3 Å². The first kappa shape index (κ1) is 16.9. The lowest BCUT2D eigenvalue weighted by Crippen LogP contribution is -2.34. The smallest absolute Gasteiger partial charge is 0.173 e. The van der Waals surface area contributed by atoms with Crippen LogP contribution < -0.4 is 0 Å². The molecule has 6 rings (SSSR count). The molecule has 0 atom stereocenters. The van der Waals surface area contributed by atoms with Crippen molar-refractivity contribution >= 4 is 11.3 Å². The molecule has 154 valence electrons. The van der Waals surface area contributed by atoms with E-state index in [4.69, 9.17) is 1.37 Å². The van der Waals surface area contributed by atoms with E-state index in [-0.39, 0.29) is 11.8 Å². The lowest BCUT2D eigenvalue weighted by atomic mass is 9.94. The Labute approximate surface area is 175 Å². The molecule has 2 aliphatic rings. The summed E-state index contributed by atoms with van der Waals surface area (Å²) in [5, 5.41) is 4.64. The lowest BCUT2D eigenvalue weighted by molar-refractivity contribution is 0.202. The van der Waals surface area contributed by atoms with Crippen LogP contribution in [-0.2, 0) is 0 Å². The van der Waals surface area contributed by atoms with Crippen molar-refractivity contribution in [2.75, 3.05) is 13.1 Å². The van der Waals surface area contributed by atoms with Crippen LogP contribution in [0.3, 0.4) is 0 Å². The third-order valence-electron chi connectivity index (χ3n) is 6.38. The number of pyridine rings is 1. The second kappa shape index (κ2) is 6.60. The van der Waals surface area contributed by atoms with E-state index in [1.165, 1.54) is 6.07 Å². The third kappa shape index (κ3) is 2.99. The molecule has 30 heavy (non-hydrogen) atoms. The maximum atomic E-state index is 15.0. The summed E-state index contributed by atoms with van der Waals surface area (Å²) in [5.74, 6) is -0.0300. The highest BCUT2D eigenvalue weighted by Gasteiger charge is 2.32. The zero-order chi connectivity index (χ0) is 21.3. The van der Waals surface area contributed by atoms with Crippen molar-refractivity contribution in [1.29, 1.82) is 0 Å². The van der Waals surface area contributed by atoms with Crippen LogP contribution in [0.15, 0.2) is 30.7 Å². The van der Waals surface area contributed by atoms with Crippen molar-refractivity contribution in [3.8, 4) is 11.3 Å². The first-order chi connectivity index (χ1) is 14.9. The summed E-state index contributed by atoms with van der Waals surface area (Å²) < 4.78 is 26.9. The Morgan fingerprint density at radius 2 is 1.80 bits per heavy atom. The van der Waals surface area contributed by atoms with Crippen LogP contribution in [0.4, 0.5) is 4.39 Å². The minimum Gasteiger partial charge on any atom is -0.304 e. The van der Waals surface area contributed by atoms with Gasteiger partial charge in [-0.1, -0.05) is 0 Å². The molecule has 1 saturated heterocycles. The number of hydrogen-bond acceptors (Lipinski definition) is 4. The lowest BCUT2D eigenvalue weighted by Gasteiger charge is -2.31. The molecule has 0 amide bonds. The monoisotopic (exact) mass is 405 g/mol. The SMILES string of the molecule is [2H]C1(N2CCC(c3cn4cc(-c5cc(C)c6nc(C)cn6n5)cc(F)c4n3)CC2)CC1. The van der Waals surface area contributed by atoms with E-state index in [1.54, 1.807) is 8.92 Å². The van der Waals surface area contributed by atoms with Gasteiger partial charge in [-0.15, -0.1) is 0 Å². The van der Waals surface area contributed by atoms with Crippen LogP contribution in [0.25, 0.3) is 22.6 Å². The summed E-state index contributed by atoms with van der Waals surface area (Å²) in [6.45, 7) is 5.77. The average molecular weight is 405 g/mol. The number of fused-ring (bicyclic) bond motifs is 2. The van der Waals surface area contributed by atoms with E-state index in [2.05, 4.69) is 20.0 Å². The normalized spacial score (nSPS) is 20.2. The van der Waals surface area contributed by atoms with E-state index in [0.29, 0.717) is 22.8 Å². The molecule has 6 nitrogen and oxygen atoms in total. The topological polar surface area (TPSA) is 50.7 Å². The largest absolute Gasteiger partial charge is 0.304 e. The van der Waals surface area contributed by atoms with Gasteiger partial charge in [0.2, 0.25) is 0 Å². The predicted molar refractivity (Wildman–Crippen MR) is 113 cm³/mol. The van der Waals surface area contributed by atoms with E-state index < -0.39 is 0 Å². The first-order valence-electron chi connectivity index (χ1n) is 11.2. The second-order valence-corrected chi connectivity index (χ2v) is 8.66. The molecule has 1 aliphatic heterocycles. The van der Waals surface area contributed by atoms with Crippen LogP contribution in [-0.4, -0.2) is 48.0 Å². The predicted octanol–water partition coefficient (Wildman–Crippen LogP) is 4.14. The van der Waals surface area contributed by atoms with Crippen LogP contribution in [0.1, 0.15) is 49.9 Å². The highest BCUT2D eigenvalue weighted by molar-refractivity contribution is 5.64. The van der Waals surface area contributed by atoms with Gasteiger partial charge in [-0.2, -0.15) is 5.10 Å². The molecule has 4 aromatic heterocycles. The summed E-state index contributed by atoms with van der Waals surface area (Å²) in [7, 11) is 0. The number of rotatable bonds is 3. The Morgan fingerprint density at radius 1 is 1.00 bits per heavy atom. The van der Waals surface area contributed by atoms with Crippen molar-refractivity contribution in [2.24, 2.45) is 0 Å². The summed E-state index contributed by atoms with van der Waals surface area (Å²) in [6.07, 6.45) is 9.65. The molecule has 2 fully saturated rings. The van der Waals surface area contributed by atoms with Gasteiger partial charge in [0.25, 0.3) is 0 Å². The van der Waals surface area contributed by atoms with Gasteiger partial charge in [-0.05, 0) is 70.3 Å². The standard InChI is InChI=1S/C23H25FN6/c1-14-9-20(27-30-11-15(2)25-22(14)30)17-10-19(24)23-26-21(13-29(23)12-17)16-5-7-28(8-6-16)18-3-4-18/h9-13,16,18H,3-8H2,1-2H3/i18D. The van der Waals surface area contributed by atoms with Crippen molar-refractivity contribution in [2.45, 2.75) is 51.5 Å². The minimum atomic E-state index is -0.342. The summed E-state index contributed by atoms with van der Waals surface area (Å²) in [5.41, 5.74) is 5.44. The average Bonchev–Trinajstić information content (AvgIpc) is 3.18. The van der Waals surface area contributed by atoms with Crippen molar-refractivity contribution in [3.63, 3.8) is 0 Å². The van der Waals surface area contributed by atoms with E-state index in [0.717, 1.165) is 61.4 Å². The molecule has 7 heteroatoms. The Balaban J connectivity index is 1.33.